The summed E-state index contributed by atoms with van der Waals surface area (Å²) in [7, 11) is 0. The molecule has 1 saturated carbocycles. The van der Waals surface area contributed by atoms with Crippen molar-refractivity contribution in [2.24, 2.45) is 5.92 Å². The van der Waals surface area contributed by atoms with E-state index in [1.807, 2.05) is 29.3 Å². The van der Waals surface area contributed by atoms with E-state index >= 15 is 0 Å². The fourth-order valence-corrected chi connectivity index (χ4v) is 5.12. The highest BCUT2D eigenvalue weighted by Crippen LogP contribution is 2.40. The first kappa shape index (κ1) is 22.5. The predicted octanol–water partition coefficient (Wildman–Crippen LogP) is 5.83. The lowest BCUT2D eigenvalue weighted by Crippen LogP contribution is -2.54. The Labute approximate surface area is 211 Å². The minimum Gasteiger partial charge on any atom is -0.368 e. The quantitative estimate of drug-likeness (QED) is 0.357. The number of benzene rings is 1. The van der Waals surface area contributed by atoms with Crippen LogP contribution in [-0.2, 0) is 0 Å². The number of pyridine rings is 1. The molecule has 0 unspecified atom stereocenters. The van der Waals surface area contributed by atoms with Gasteiger partial charge in [0.05, 0.1) is 23.9 Å². The molecular weight excluding hydrogens is 448 g/mol. The molecule has 4 heterocycles. The normalized spacial score (nSPS) is 19.4. The van der Waals surface area contributed by atoms with Gasteiger partial charge in [0.25, 0.3) is 0 Å². The van der Waals surface area contributed by atoms with E-state index in [-0.39, 0.29) is 0 Å². The van der Waals surface area contributed by atoms with Gasteiger partial charge in [-0.15, -0.1) is 0 Å². The number of anilines is 3. The molecule has 8 heteroatoms. The van der Waals surface area contributed by atoms with Crippen molar-refractivity contribution < 1.29 is 0 Å². The second-order valence-corrected chi connectivity index (χ2v) is 10.3. The van der Waals surface area contributed by atoms with E-state index in [2.05, 4.69) is 65.3 Å². The van der Waals surface area contributed by atoms with Gasteiger partial charge in [0.1, 0.15) is 11.6 Å². The number of aromatic nitrogens is 5. The van der Waals surface area contributed by atoms with Crippen LogP contribution < -0.4 is 10.2 Å². The van der Waals surface area contributed by atoms with Gasteiger partial charge >= 0.3 is 0 Å². The van der Waals surface area contributed by atoms with Crippen LogP contribution in [0.2, 0.25) is 0 Å². The maximum atomic E-state index is 9.11. The second-order valence-electron chi connectivity index (χ2n) is 10.3. The third-order valence-electron chi connectivity index (χ3n) is 7.49. The average Bonchev–Trinajstić information content (AvgIpc) is 3.61. The van der Waals surface area contributed by atoms with E-state index in [1.54, 1.807) is 6.20 Å². The lowest BCUT2D eigenvalue weighted by Gasteiger charge is -2.48. The number of nitriles is 1. The zero-order chi connectivity index (χ0) is 24.8. The lowest BCUT2D eigenvalue weighted by atomic mass is 9.85. The van der Waals surface area contributed by atoms with Gasteiger partial charge in [-0.1, -0.05) is 19.9 Å². The molecule has 0 amide bonds. The summed E-state index contributed by atoms with van der Waals surface area (Å²) in [5.74, 6) is 2.90. The molecule has 2 aliphatic rings. The summed E-state index contributed by atoms with van der Waals surface area (Å²) < 4.78 is 2.01. The number of hydrogen-bond donors (Lipinski definition) is 1. The fraction of sp³-hybridized carbons (Fsp3) is 0.393. The van der Waals surface area contributed by atoms with Crippen LogP contribution in [-0.4, -0.2) is 37.3 Å². The van der Waals surface area contributed by atoms with Gasteiger partial charge in [-0.3, -0.25) is 4.68 Å². The number of nitrogens with zero attached hydrogens (tertiary/aromatic N) is 7. The van der Waals surface area contributed by atoms with Crippen LogP contribution in [0.5, 0.6) is 0 Å². The molecule has 3 aromatic heterocycles. The van der Waals surface area contributed by atoms with Gasteiger partial charge in [0.2, 0.25) is 0 Å². The maximum Gasteiger partial charge on any atom is 0.164 e. The Kier molecular flexibility index (Phi) is 5.56. The summed E-state index contributed by atoms with van der Waals surface area (Å²) in [4.78, 5) is 16.3. The fourth-order valence-electron chi connectivity index (χ4n) is 5.12. The zero-order valence-electron chi connectivity index (χ0n) is 20.9. The second kappa shape index (κ2) is 8.90. The van der Waals surface area contributed by atoms with Crippen molar-refractivity contribution in [2.75, 3.05) is 16.8 Å². The van der Waals surface area contributed by atoms with E-state index in [4.69, 9.17) is 15.2 Å². The van der Waals surface area contributed by atoms with Crippen molar-refractivity contribution in [1.29, 1.82) is 5.26 Å². The highest BCUT2D eigenvalue weighted by atomic mass is 15.3. The van der Waals surface area contributed by atoms with Crippen molar-refractivity contribution in [3.63, 3.8) is 0 Å². The molecule has 6 rings (SSSR count). The molecule has 2 fully saturated rings. The Morgan fingerprint density at radius 1 is 1.11 bits per heavy atom. The summed E-state index contributed by atoms with van der Waals surface area (Å²) in [6.45, 7) is 7.55. The first-order chi connectivity index (χ1) is 17.5. The van der Waals surface area contributed by atoms with Crippen LogP contribution in [0.25, 0.3) is 22.2 Å². The van der Waals surface area contributed by atoms with Crippen LogP contribution in [0.4, 0.5) is 17.3 Å². The SMILES string of the molecule is CC(C)c1ccc(N2C[C@H](CC#N)[C@H]2C)c2cnc(Nc3ccnc(-c4cnn(C5CC5)c4)n3)cc12. The number of nitrogens with one attached hydrogen (secondary N) is 1. The molecule has 1 saturated heterocycles. The molecular formula is C28H30N8. The summed E-state index contributed by atoms with van der Waals surface area (Å²) in [5.41, 5.74) is 3.39. The third kappa shape index (κ3) is 4.05. The van der Waals surface area contributed by atoms with Gasteiger partial charge in [-0.25, -0.2) is 15.0 Å². The van der Waals surface area contributed by atoms with E-state index in [1.165, 1.54) is 29.5 Å². The van der Waals surface area contributed by atoms with Gasteiger partial charge in [-0.05, 0) is 54.8 Å². The van der Waals surface area contributed by atoms with Gasteiger partial charge in [0.15, 0.2) is 5.82 Å². The zero-order valence-corrected chi connectivity index (χ0v) is 20.9. The topological polar surface area (TPSA) is 95.5 Å². The van der Waals surface area contributed by atoms with Gasteiger partial charge in [0, 0.05) is 54.6 Å². The van der Waals surface area contributed by atoms with Crippen LogP contribution >= 0.6 is 0 Å². The minimum atomic E-state index is 0.347. The Morgan fingerprint density at radius 2 is 1.97 bits per heavy atom. The summed E-state index contributed by atoms with van der Waals surface area (Å²) in [6.07, 6.45) is 10.6. The van der Waals surface area contributed by atoms with E-state index in [9.17, 15) is 0 Å². The molecule has 0 radical (unpaired) electrons. The van der Waals surface area contributed by atoms with Crippen LogP contribution in [0.15, 0.2) is 49.1 Å². The number of hydrogen-bond acceptors (Lipinski definition) is 7. The van der Waals surface area contributed by atoms with Crippen LogP contribution in [0.3, 0.4) is 0 Å². The lowest BCUT2D eigenvalue weighted by molar-refractivity contribution is 0.318. The molecule has 0 spiro atoms. The molecule has 1 aromatic carbocycles. The molecule has 1 aliphatic carbocycles. The third-order valence-corrected chi connectivity index (χ3v) is 7.49. The van der Waals surface area contributed by atoms with Crippen molar-refractivity contribution in [3.05, 3.63) is 54.6 Å². The van der Waals surface area contributed by atoms with E-state index in [0.717, 1.165) is 23.3 Å². The standard InChI is InChI=1S/C28H30N8/c1-17(2)22-6-7-25(35-15-19(8-10-29)18(35)3)24-14-31-27(12-23(22)24)33-26-9-11-30-28(34-26)20-13-32-36(16-20)21-4-5-21/h6-7,9,11-14,16-19,21H,4-5,8,15H2,1-3H3,(H,30,31,33,34)/t18-,19+/m1/s1. The Morgan fingerprint density at radius 3 is 2.72 bits per heavy atom. The maximum absolute atomic E-state index is 9.11. The summed E-state index contributed by atoms with van der Waals surface area (Å²) >= 11 is 0. The van der Waals surface area contributed by atoms with Crippen molar-refractivity contribution in [1.82, 2.24) is 24.7 Å². The largest absolute Gasteiger partial charge is 0.368 e. The monoisotopic (exact) mass is 478 g/mol. The first-order valence-electron chi connectivity index (χ1n) is 12.7. The predicted molar refractivity (Wildman–Crippen MR) is 141 cm³/mol. The highest BCUT2D eigenvalue weighted by molar-refractivity contribution is 5.98. The molecule has 8 nitrogen and oxygen atoms in total. The average molecular weight is 479 g/mol. The molecule has 2 atom stereocenters. The summed E-state index contributed by atoms with van der Waals surface area (Å²) in [6, 6.07) is 11.6. The van der Waals surface area contributed by atoms with Crippen LogP contribution in [0.1, 0.15) is 57.6 Å². The Balaban J connectivity index is 1.30. The Bertz CT molecular complexity index is 1460. The number of rotatable bonds is 7. The minimum absolute atomic E-state index is 0.347. The molecule has 4 aromatic rings. The smallest absolute Gasteiger partial charge is 0.164 e. The first-order valence-corrected chi connectivity index (χ1v) is 12.7. The molecule has 36 heavy (non-hydrogen) atoms. The van der Waals surface area contributed by atoms with Crippen molar-refractivity contribution in [2.45, 2.75) is 58.0 Å². The van der Waals surface area contributed by atoms with E-state index < -0.39 is 0 Å². The van der Waals surface area contributed by atoms with Crippen molar-refractivity contribution in [3.8, 4) is 17.5 Å². The summed E-state index contributed by atoms with van der Waals surface area (Å²) in [5, 5.41) is 19.3. The number of fused-ring (bicyclic) bond motifs is 1. The Hall–Kier alpha value is -3.99. The molecule has 0 bridgehead atoms. The van der Waals surface area contributed by atoms with Gasteiger partial charge in [-0.2, -0.15) is 10.4 Å². The van der Waals surface area contributed by atoms with Crippen LogP contribution in [0, 0.1) is 17.2 Å². The molecule has 182 valence electrons. The van der Waals surface area contributed by atoms with E-state index in [0.29, 0.717) is 42.0 Å². The van der Waals surface area contributed by atoms with Gasteiger partial charge < -0.3 is 10.2 Å². The molecule has 1 aliphatic heterocycles. The highest BCUT2D eigenvalue weighted by Gasteiger charge is 2.36. The van der Waals surface area contributed by atoms with Crippen molar-refractivity contribution >= 4 is 28.1 Å². The molecule has 1 N–H and O–H groups in total.